The zero-order valence-corrected chi connectivity index (χ0v) is 14.7. The largest absolute Gasteiger partial charge is 0.355 e. The van der Waals surface area contributed by atoms with Crippen molar-refractivity contribution in [2.45, 2.75) is 25.8 Å². The van der Waals surface area contributed by atoms with Crippen LogP contribution in [0.5, 0.6) is 0 Å². The van der Waals surface area contributed by atoms with E-state index in [9.17, 15) is 0 Å². The minimum atomic E-state index is 0.584. The van der Waals surface area contributed by atoms with E-state index < -0.39 is 0 Å². The van der Waals surface area contributed by atoms with E-state index in [4.69, 9.17) is 10.4 Å². The average molecular weight is 340 g/mol. The van der Waals surface area contributed by atoms with Gasteiger partial charge in [0, 0.05) is 36.1 Å². The number of aromatic nitrogens is 3. The van der Waals surface area contributed by atoms with Crippen LogP contribution in [0, 0.1) is 5.41 Å². The van der Waals surface area contributed by atoms with Crippen molar-refractivity contribution in [1.29, 1.82) is 5.41 Å². The molecule has 4 heterocycles. The van der Waals surface area contributed by atoms with Crippen LogP contribution in [-0.4, -0.2) is 33.4 Å². The lowest BCUT2D eigenvalue weighted by Crippen LogP contribution is -2.35. The molecule has 3 aromatic rings. The minimum Gasteiger partial charge on any atom is -0.355 e. The van der Waals surface area contributed by atoms with Crippen LogP contribution in [-0.2, 0) is 13.6 Å². The van der Waals surface area contributed by atoms with E-state index in [2.05, 4.69) is 44.8 Å². The first-order chi connectivity index (χ1) is 11.7. The van der Waals surface area contributed by atoms with E-state index in [1.54, 1.807) is 11.3 Å². The maximum atomic E-state index is 8.41. The van der Waals surface area contributed by atoms with Gasteiger partial charge in [0.2, 0.25) is 0 Å². The van der Waals surface area contributed by atoms with Gasteiger partial charge in [0.05, 0.1) is 6.54 Å². The molecule has 0 saturated carbocycles. The number of piperidine rings is 1. The van der Waals surface area contributed by atoms with E-state index in [0.29, 0.717) is 5.84 Å². The van der Waals surface area contributed by atoms with Crippen LogP contribution in [0.1, 0.15) is 30.0 Å². The smallest absolute Gasteiger partial charge is 0.193 e. The summed E-state index contributed by atoms with van der Waals surface area (Å²) in [5.74, 6) is 0.584. The van der Waals surface area contributed by atoms with Crippen molar-refractivity contribution >= 4 is 28.1 Å². The molecule has 0 amide bonds. The zero-order valence-electron chi connectivity index (χ0n) is 13.9. The van der Waals surface area contributed by atoms with Gasteiger partial charge >= 0.3 is 0 Å². The van der Waals surface area contributed by atoms with Crippen molar-refractivity contribution in [3.05, 3.63) is 46.8 Å². The van der Waals surface area contributed by atoms with Crippen LogP contribution in [0.3, 0.4) is 0 Å². The Bertz CT molecular complexity index is 873. The number of fused-ring (bicyclic) bond motifs is 1. The molecular formula is C18H22N5S+. The topological polar surface area (TPSA) is 48.8 Å². The Morgan fingerprint density at radius 3 is 2.96 bits per heavy atom. The van der Waals surface area contributed by atoms with Crippen molar-refractivity contribution in [3.8, 4) is 0 Å². The maximum absolute atomic E-state index is 8.41. The van der Waals surface area contributed by atoms with Gasteiger partial charge in [-0.25, -0.2) is 9.55 Å². The van der Waals surface area contributed by atoms with Gasteiger partial charge in [0.1, 0.15) is 29.1 Å². The fraction of sp³-hybridized carbons (Fsp3) is 0.389. The highest BCUT2D eigenvalue weighted by atomic mass is 32.1. The lowest BCUT2D eigenvalue weighted by molar-refractivity contribution is -0.670. The quantitative estimate of drug-likeness (QED) is 0.453. The van der Waals surface area contributed by atoms with Crippen molar-refractivity contribution < 1.29 is 4.57 Å². The summed E-state index contributed by atoms with van der Waals surface area (Å²) in [7, 11) is 2.04. The van der Waals surface area contributed by atoms with Crippen LogP contribution in [0.25, 0.3) is 10.9 Å². The van der Waals surface area contributed by atoms with Crippen molar-refractivity contribution in [3.63, 3.8) is 0 Å². The van der Waals surface area contributed by atoms with Crippen molar-refractivity contribution in [1.82, 2.24) is 14.5 Å². The van der Waals surface area contributed by atoms with Gasteiger partial charge in [0.25, 0.3) is 0 Å². The number of aryl methyl sites for hydroxylation is 1. The third-order valence-electron chi connectivity index (χ3n) is 4.63. The summed E-state index contributed by atoms with van der Waals surface area (Å²) in [6.45, 7) is 2.74. The number of nitrogens with zero attached hydrogens (tertiary/aromatic N) is 4. The molecule has 1 aliphatic heterocycles. The van der Waals surface area contributed by atoms with E-state index in [1.165, 1.54) is 30.2 Å². The predicted octanol–water partition coefficient (Wildman–Crippen LogP) is 2.78. The van der Waals surface area contributed by atoms with Gasteiger partial charge in [-0.05, 0) is 25.3 Å². The number of hydrogen-bond donors (Lipinski definition) is 1. The zero-order chi connectivity index (χ0) is 16.5. The number of pyridine rings is 1. The number of hydrogen-bond acceptors (Lipinski definition) is 3. The van der Waals surface area contributed by atoms with Crippen molar-refractivity contribution in [2.24, 2.45) is 7.05 Å². The van der Waals surface area contributed by atoms with Gasteiger partial charge in [-0.15, -0.1) is 11.3 Å². The molecule has 0 radical (unpaired) electrons. The standard InChI is InChI=1S/C18H22N5S/c1-21-9-5-14-6-10-23(16(14)11-21)12-17-20-15(13-24-17)18(19)22-7-3-2-4-8-22/h5-6,9-11,13,19H,2-4,7-8,12H2,1H3/q+1. The maximum Gasteiger partial charge on any atom is 0.193 e. The summed E-state index contributed by atoms with van der Waals surface area (Å²) >= 11 is 1.65. The molecule has 0 aliphatic carbocycles. The van der Waals surface area contributed by atoms with Gasteiger partial charge in [-0.1, -0.05) is 0 Å². The Labute approximate surface area is 145 Å². The molecule has 0 spiro atoms. The van der Waals surface area contributed by atoms with Crippen LogP contribution >= 0.6 is 11.3 Å². The number of amidine groups is 1. The van der Waals surface area contributed by atoms with Crippen molar-refractivity contribution in [2.75, 3.05) is 13.1 Å². The van der Waals surface area contributed by atoms with E-state index in [-0.39, 0.29) is 0 Å². The SMILES string of the molecule is C[n+]1ccc2ccn(Cc3nc(C(=N)N4CCCCC4)cs3)c2c1. The minimum absolute atomic E-state index is 0.584. The fourth-order valence-electron chi connectivity index (χ4n) is 3.28. The van der Waals surface area contributed by atoms with Gasteiger partial charge in [-0.2, -0.15) is 0 Å². The Balaban J connectivity index is 1.54. The third kappa shape index (κ3) is 2.94. The summed E-state index contributed by atoms with van der Waals surface area (Å²) < 4.78 is 4.29. The highest BCUT2D eigenvalue weighted by Crippen LogP contribution is 2.19. The normalized spacial score (nSPS) is 15.1. The lowest BCUT2D eigenvalue weighted by Gasteiger charge is -2.28. The average Bonchev–Trinajstić information content (AvgIpc) is 3.23. The first-order valence-electron chi connectivity index (χ1n) is 8.43. The fourth-order valence-corrected chi connectivity index (χ4v) is 4.06. The molecule has 5 nitrogen and oxygen atoms in total. The van der Waals surface area contributed by atoms with Crippen LogP contribution in [0.15, 0.2) is 36.1 Å². The summed E-state index contributed by atoms with van der Waals surface area (Å²) in [4.78, 5) is 6.87. The molecule has 1 N–H and O–H groups in total. The third-order valence-corrected chi connectivity index (χ3v) is 5.46. The second-order valence-electron chi connectivity index (χ2n) is 6.42. The number of thiazole rings is 1. The molecule has 0 unspecified atom stereocenters. The summed E-state index contributed by atoms with van der Waals surface area (Å²) in [6.07, 6.45) is 9.97. The molecule has 3 aromatic heterocycles. The monoisotopic (exact) mass is 340 g/mol. The molecule has 24 heavy (non-hydrogen) atoms. The Morgan fingerprint density at radius 2 is 2.12 bits per heavy atom. The molecular weight excluding hydrogens is 318 g/mol. The van der Waals surface area contributed by atoms with Crippen LogP contribution < -0.4 is 4.57 Å². The van der Waals surface area contributed by atoms with E-state index >= 15 is 0 Å². The lowest BCUT2D eigenvalue weighted by atomic mass is 10.1. The molecule has 124 valence electrons. The summed E-state index contributed by atoms with van der Waals surface area (Å²) in [6, 6.07) is 4.27. The molecule has 0 aromatic carbocycles. The van der Waals surface area contributed by atoms with Gasteiger partial charge in [-0.3, -0.25) is 5.41 Å². The second-order valence-corrected chi connectivity index (χ2v) is 7.36. The molecule has 1 aliphatic rings. The molecule has 1 fully saturated rings. The molecule has 6 heteroatoms. The highest BCUT2D eigenvalue weighted by molar-refractivity contribution is 7.09. The van der Waals surface area contributed by atoms with Crippen LogP contribution in [0.4, 0.5) is 0 Å². The van der Waals surface area contributed by atoms with Crippen LogP contribution in [0.2, 0.25) is 0 Å². The molecule has 0 atom stereocenters. The molecule has 1 saturated heterocycles. The van der Waals surface area contributed by atoms with Gasteiger partial charge < -0.3 is 9.47 Å². The number of likely N-dealkylation sites (tertiary alicyclic amines) is 1. The Hall–Kier alpha value is -2.21. The van der Waals surface area contributed by atoms with E-state index in [1.807, 2.05) is 12.4 Å². The summed E-state index contributed by atoms with van der Waals surface area (Å²) in [5, 5.41) is 12.7. The Kier molecular flexibility index (Phi) is 4.06. The first-order valence-corrected chi connectivity index (χ1v) is 9.31. The highest BCUT2D eigenvalue weighted by Gasteiger charge is 2.17. The second kappa shape index (κ2) is 6.36. The summed E-state index contributed by atoms with van der Waals surface area (Å²) in [5.41, 5.74) is 2.03. The number of rotatable bonds is 3. The van der Waals surface area contributed by atoms with Gasteiger partial charge in [0.15, 0.2) is 12.4 Å². The molecule has 0 bridgehead atoms. The first kappa shape index (κ1) is 15.3. The number of nitrogens with one attached hydrogen (secondary N) is 1. The van der Waals surface area contributed by atoms with E-state index in [0.717, 1.165) is 30.3 Å². The predicted molar refractivity (Wildman–Crippen MR) is 96.6 cm³/mol. The molecule has 4 rings (SSSR count). The Morgan fingerprint density at radius 1 is 1.29 bits per heavy atom.